The number of thiophene rings is 1. The van der Waals surface area contributed by atoms with Gasteiger partial charge in [0.1, 0.15) is 10.6 Å². The lowest BCUT2D eigenvalue weighted by Gasteiger charge is -2.09. The van der Waals surface area contributed by atoms with Crippen LogP contribution in [0.15, 0.2) is 11.1 Å². The highest BCUT2D eigenvalue weighted by Crippen LogP contribution is 2.30. The van der Waals surface area contributed by atoms with E-state index in [2.05, 4.69) is 17.4 Å². The first-order valence-electron chi connectivity index (χ1n) is 4.86. The predicted octanol–water partition coefficient (Wildman–Crippen LogP) is 2.08. The van der Waals surface area contributed by atoms with Crippen LogP contribution in [-0.4, -0.2) is 18.7 Å². The van der Waals surface area contributed by atoms with Crippen LogP contribution in [0.25, 0.3) is 0 Å². The summed E-state index contributed by atoms with van der Waals surface area (Å²) in [5.74, 6) is 1.65. The van der Waals surface area contributed by atoms with Crippen LogP contribution in [0.4, 0.5) is 0 Å². The van der Waals surface area contributed by atoms with Crippen molar-refractivity contribution in [1.29, 1.82) is 0 Å². The van der Waals surface area contributed by atoms with Crippen LogP contribution in [0.2, 0.25) is 0 Å². The van der Waals surface area contributed by atoms with Gasteiger partial charge in [0, 0.05) is 4.88 Å². The summed E-state index contributed by atoms with van der Waals surface area (Å²) >= 11 is 1.66. The third-order valence-corrected chi connectivity index (χ3v) is 2.89. The number of amidine groups is 1. The Labute approximate surface area is 92.9 Å². The average Bonchev–Trinajstić information content (AvgIpc) is 2.72. The molecule has 1 aliphatic rings. The normalized spacial score (nSPS) is 15.3. The lowest BCUT2D eigenvalue weighted by atomic mass is 10.3. The molecule has 0 aromatic carbocycles. The molecule has 4 nitrogen and oxygen atoms in total. The highest BCUT2D eigenvalue weighted by Gasteiger charge is 2.18. The molecule has 0 saturated heterocycles. The van der Waals surface area contributed by atoms with Gasteiger partial charge in [-0.1, -0.05) is 0 Å². The van der Waals surface area contributed by atoms with Crippen molar-refractivity contribution in [2.75, 3.05) is 6.73 Å². The summed E-state index contributed by atoms with van der Waals surface area (Å²) in [6, 6.07) is 2.03. The zero-order valence-electron chi connectivity index (χ0n) is 9.03. The maximum absolute atomic E-state index is 5.71. The molecule has 1 aliphatic heterocycles. The quantitative estimate of drug-likeness (QED) is 0.858. The van der Waals surface area contributed by atoms with Crippen molar-refractivity contribution in [2.24, 2.45) is 4.99 Å². The van der Waals surface area contributed by atoms with Crippen LogP contribution in [0.3, 0.4) is 0 Å². The van der Waals surface area contributed by atoms with E-state index in [1.54, 1.807) is 11.3 Å². The van der Waals surface area contributed by atoms with E-state index < -0.39 is 0 Å². The van der Waals surface area contributed by atoms with Crippen molar-refractivity contribution < 1.29 is 9.57 Å². The molecule has 5 heteroatoms. The van der Waals surface area contributed by atoms with Gasteiger partial charge in [-0.25, -0.2) is 10.5 Å². The number of rotatable bonds is 3. The number of aliphatic imine (C=N–C) groups is 1. The SMILES string of the molecule is Cc1cc(OC(C)C)c(C2=NCON2)s1. The number of hydrogen-bond acceptors (Lipinski definition) is 5. The van der Waals surface area contributed by atoms with Crippen LogP contribution >= 0.6 is 11.3 Å². The molecule has 0 spiro atoms. The summed E-state index contributed by atoms with van der Waals surface area (Å²) < 4.78 is 5.71. The molecule has 0 bridgehead atoms. The summed E-state index contributed by atoms with van der Waals surface area (Å²) in [6.45, 7) is 6.44. The van der Waals surface area contributed by atoms with Gasteiger partial charge >= 0.3 is 0 Å². The standard InChI is InChI=1S/C10H14N2O2S/c1-6(2)14-8-4-7(3)15-9(8)10-11-5-13-12-10/h4,6H,5H2,1-3H3,(H,11,12). The fraction of sp³-hybridized carbons (Fsp3) is 0.500. The lowest BCUT2D eigenvalue weighted by Crippen LogP contribution is -2.18. The second-order valence-electron chi connectivity index (χ2n) is 3.60. The van der Waals surface area contributed by atoms with E-state index in [0.29, 0.717) is 6.73 Å². The predicted molar refractivity (Wildman–Crippen MR) is 60.4 cm³/mol. The minimum absolute atomic E-state index is 0.167. The summed E-state index contributed by atoms with van der Waals surface area (Å²) in [5.41, 5.74) is 2.78. The molecular formula is C10H14N2O2S. The van der Waals surface area contributed by atoms with Crippen molar-refractivity contribution in [3.63, 3.8) is 0 Å². The number of hydrogen-bond donors (Lipinski definition) is 1. The second kappa shape index (κ2) is 4.20. The molecule has 0 atom stereocenters. The van der Waals surface area contributed by atoms with Crippen molar-refractivity contribution in [1.82, 2.24) is 5.48 Å². The van der Waals surface area contributed by atoms with Gasteiger partial charge in [0.05, 0.1) is 6.10 Å². The molecule has 0 amide bonds. The van der Waals surface area contributed by atoms with Crippen molar-refractivity contribution in [2.45, 2.75) is 26.9 Å². The Morgan fingerprint density at radius 2 is 2.40 bits per heavy atom. The van der Waals surface area contributed by atoms with Gasteiger partial charge in [0.25, 0.3) is 0 Å². The molecule has 1 aromatic heterocycles. The maximum Gasteiger partial charge on any atom is 0.168 e. The van der Waals surface area contributed by atoms with Gasteiger partial charge in [-0.3, -0.25) is 4.84 Å². The summed E-state index contributed by atoms with van der Waals surface area (Å²) in [6.07, 6.45) is 0.167. The highest BCUT2D eigenvalue weighted by molar-refractivity contribution is 7.14. The molecule has 15 heavy (non-hydrogen) atoms. The Morgan fingerprint density at radius 1 is 1.60 bits per heavy atom. The number of ether oxygens (including phenoxy) is 1. The van der Waals surface area contributed by atoms with Gasteiger partial charge < -0.3 is 4.74 Å². The minimum atomic E-state index is 0.167. The van der Waals surface area contributed by atoms with Crippen molar-refractivity contribution >= 4 is 17.2 Å². The Kier molecular flexibility index (Phi) is 2.93. The Balaban J connectivity index is 2.28. The Hall–Kier alpha value is -1.07. The zero-order valence-corrected chi connectivity index (χ0v) is 9.85. The minimum Gasteiger partial charge on any atom is -0.489 e. The molecule has 0 aliphatic carbocycles. The van der Waals surface area contributed by atoms with E-state index >= 15 is 0 Å². The fourth-order valence-corrected chi connectivity index (χ4v) is 2.24. The largest absolute Gasteiger partial charge is 0.489 e. The Morgan fingerprint density at radius 3 is 3.00 bits per heavy atom. The molecule has 0 unspecified atom stereocenters. The van der Waals surface area contributed by atoms with Gasteiger partial charge in [-0.05, 0) is 26.8 Å². The lowest BCUT2D eigenvalue weighted by molar-refractivity contribution is 0.115. The molecule has 0 radical (unpaired) electrons. The molecule has 0 fully saturated rings. The zero-order chi connectivity index (χ0) is 10.8. The van der Waals surface area contributed by atoms with E-state index in [0.717, 1.165) is 16.5 Å². The van der Waals surface area contributed by atoms with Crippen LogP contribution < -0.4 is 10.2 Å². The highest BCUT2D eigenvalue weighted by atomic mass is 32.1. The first-order valence-corrected chi connectivity index (χ1v) is 5.68. The fourth-order valence-electron chi connectivity index (χ4n) is 1.35. The van der Waals surface area contributed by atoms with Crippen molar-refractivity contribution in [3.8, 4) is 5.75 Å². The average molecular weight is 226 g/mol. The molecular weight excluding hydrogens is 212 g/mol. The summed E-state index contributed by atoms with van der Waals surface area (Å²) in [7, 11) is 0. The molecule has 0 saturated carbocycles. The number of aryl methyl sites for hydroxylation is 1. The van der Waals surface area contributed by atoms with Gasteiger partial charge in [-0.2, -0.15) is 0 Å². The topological polar surface area (TPSA) is 42.9 Å². The van der Waals surface area contributed by atoms with E-state index in [9.17, 15) is 0 Å². The smallest absolute Gasteiger partial charge is 0.168 e. The third kappa shape index (κ3) is 2.30. The maximum atomic E-state index is 5.71. The van der Waals surface area contributed by atoms with Gasteiger partial charge in [-0.15, -0.1) is 11.3 Å². The van der Waals surface area contributed by atoms with E-state index in [-0.39, 0.29) is 6.10 Å². The van der Waals surface area contributed by atoms with E-state index in [1.165, 1.54) is 4.88 Å². The van der Waals surface area contributed by atoms with Crippen LogP contribution in [0.1, 0.15) is 23.6 Å². The number of nitrogens with one attached hydrogen (secondary N) is 1. The van der Waals surface area contributed by atoms with Gasteiger partial charge in [0.15, 0.2) is 12.6 Å². The number of nitrogens with zero attached hydrogens (tertiary/aromatic N) is 1. The van der Waals surface area contributed by atoms with Crippen LogP contribution in [0, 0.1) is 6.92 Å². The first-order chi connectivity index (χ1) is 7.16. The molecule has 1 aromatic rings. The van der Waals surface area contributed by atoms with Crippen LogP contribution in [-0.2, 0) is 4.84 Å². The molecule has 2 heterocycles. The Bertz CT molecular complexity index is 385. The summed E-state index contributed by atoms with van der Waals surface area (Å²) in [4.78, 5) is 11.4. The molecule has 2 rings (SSSR count). The monoisotopic (exact) mass is 226 g/mol. The van der Waals surface area contributed by atoms with E-state index in [1.807, 2.05) is 19.9 Å². The van der Waals surface area contributed by atoms with Gasteiger partial charge in [0.2, 0.25) is 0 Å². The van der Waals surface area contributed by atoms with Crippen molar-refractivity contribution in [3.05, 3.63) is 15.8 Å². The van der Waals surface area contributed by atoms with Crippen LogP contribution in [0.5, 0.6) is 5.75 Å². The second-order valence-corrected chi connectivity index (χ2v) is 4.86. The number of hydroxylamine groups is 1. The third-order valence-electron chi connectivity index (χ3n) is 1.86. The summed E-state index contributed by atoms with van der Waals surface area (Å²) in [5, 5.41) is 0. The molecule has 82 valence electrons. The first kappa shape index (κ1) is 10.4. The molecule has 1 N–H and O–H groups in total. The van der Waals surface area contributed by atoms with E-state index in [4.69, 9.17) is 9.57 Å².